The number of hydrogen-bond acceptors (Lipinski definition) is 5. The van der Waals surface area contributed by atoms with Crippen molar-refractivity contribution in [2.24, 2.45) is 23.2 Å². The third-order valence-electron chi connectivity index (χ3n) is 9.82. The Balaban J connectivity index is 1.12. The molecule has 1 spiro atoms. The van der Waals surface area contributed by atoms with Gasteiger partial charge in [-0.25, -0.2) is 0 Å². The van der Waals surface area contributed by atoms with Gasteiger partial charge in [0.1, 0.15) is 6.10 Å². The molecular formula is C27H38N2O3. The summed E-state index contributed by atoms with van der Waals surface area (Å²) in [7, 11) is 0. The fourth-order valence-corrected chi connectivity index (χ4v) is 7.69. The SMILES string of the molecule is Cc1cccc(N2CCN(C[C@@H]3C(=O)O[C@@H]4C[C@@]5(C)CCC[C@]6(CO6)[C@H]5C[C@H]34)CC2)c1C. The second kappa shape index (κ2) is 7.46. The molecule has 1 aromatic carbocycles. The van der Waals surface area contributed by atoms with Gasteiger partial charge in [-0.3, -0.25) is 9.69 Å². The fourth-order valence-electron chi connectivity index (χ4n) is 7.69. The van der Waals surface area contributed by atoms with Crippen LogP contribution < -0.4 is 4.90 Å². The fraction of sp³-hybridized carbons (Fsp3) is 0.741. The van der Waals surface area contributed by atoms with Gasteiger partial charge in [0.05, 0.1) is 18.1 Å². The van der Waals surface area contributed by atoms with E-state index < -0.39 is 0 Å². The topological polar surface area (TPSA) is 45.3 Å². The van der Waals surface area contributed by atoms with E-state index >= 15 is 0 Å². The zero-order valence-electron chi connectivity index (χ0n) is 19.9. The molecule has 6 atom stereocenters. The van der Waals surface area contributed by atoms with Crippen molar-refractivity contribution in [1.29, 1.82) is 0 Å². The molecule has 174 valence electrons. The largest absolute Gasteiger partial charge is 0.462 e. The second-order valence-electron chi connectivity index (χ2n) is 11.6. The van der Waals surface area contributed by atoms with Crippen LogP contribution in [0.5, 0.6) is 0 Å². The van der Waals surface area contributed by atoms with E-state index in [9.17, 15) is 4.79 Å². The predicted octanol–water partition coefficient (Wildman–Crippen LogP) is 3.95. The van der Waals surface area contributed by atoms with Crippen molar-refractivity contribution < 1.29 is 14.3 Å². The molecule has 0 radical (unpaired) electrons. The van der Waals surface area contributed by atoms with Crippen molar-refractivity contribution in [1.82, 2.24) is 4.90 Å². The van der Waals surface area contributed by atoms with Crippen LogP contribution in [-0.2, 0) is 14.3 Å². The first-order valence-electron chi connectivity index (χ1n) is 12.8. The maximum absolute atomic E-state index is 13.0. The highest BCUT2D eigenvalue weighted by Gasteiger charge is 2.65. The molecule has 6 rings (SSSR count). The zero-order valence-corrected chi connectivity index (χ0v) is 19.9. The molecule has 3 saturated heterocycles. The maximum atomic E-state index is 13.0. The normalized spacial score (nSPS) is 41.3. The zero-order chi connectivity index (χ0) is 22.1. The molecular weight excluding hydrogens is 400 g/mol. The number of rotatable bonds is 3. The summed E-state index contributed by atoms with van der Waals surface area (Å²) in [5.74, 6) is 1.07. The third-order valence-corrected chi connectivity index (χ3v) is 9.82. The van der Waals surface area contributed by atoms with Crippen molar-refractivity contribution in [3.8, 4) is 0 Å². The molecule has 0 aromatic heterocycles. The minimum atomic E-state index is 0.0366. The summed E-state index contributed by atoms with van der Waals surface area (Å²) in [5, 5.41) is 0. The van der Waals surface area contributed by atoms with E-state index in [0.29, 0.717) is 11.8 Å². The van der Waals surface area contributed by atoms with Crippen molar-refractivity contribution in [2.45, 2.75) is 64.6 Å². The average Bonchev–Trinajstić information content (AvgIpc) is 3.47. The van der Waals surface area contributed by atoms with Crippen molar-refractivity contribution in [3.63, 3.8) is 0 Å². The smallest absolute Gasteiger partial charge is 0.310 e. The van der Waals surface area contributed by atoms with Crippen LogP contribution in [0.1, 0.15) is 50.2 Å². The number of carbonyl (C=O) groups excluding carboxylic acids is 1. The molecule has 0 unspecified atom stereocenters. The Morgan fingerprint density at radius 2 is 1.91 bits per heavy atom. The molecule has 5 heteroatoms. The average molecular weight is 439 g/mol. The minimum absolute atomic E-state index is 0.0366. The van der Waals surface area contributed by atoms with Crippen LogP contribution in [0.4, 0.5) is 5.69 Å². The van der Waals surface area contributed by atoms with Crippen molar-refractivity contribution >= 4 is 11.7 Å². The Hall–Kier alpha value is -1.59. The van der Waals surface area contributed by atoms with Crippen LogP contribution in [0.25, 0.3) is 0 Å². The number of ether oxygens (including phenoxy) is 2. The molecule has 5 nitrogen and oxygen atoms in total. The molecule has 1 aromatic rings. The first kappa shape index (κ1) is 21.0. The number of hydrogen-bond donors (Lipinski definition) is 0. The summed E-state index contributed by atoms with van der Waals surface area (Å²) >= 11 is 0. The van der Waals surface area contributed by atoms with E-state index in [1.165, 1.54) is 36.1 Å². The highest BCUT2D eigenvalue weighted by Crippen LogP contribution is 2.62. The van der Waals surface area contributed by atoms with Gasteiger partial charge in [-0.1, -0.05) is 19.1 Å². The number of nitrogens with zero attached hydrogens (tertiary/aromatic N) is 2. The van der Waals surface area contributed by atoms with E-state index in [-0.39, 0.29) is 29.0 Å². The maximum Gasteiger partial charge on any atom is 0.310 e. The number of aryl methyl sites for hydroxylation is 1. The number of epoxide rings is 1. The Kier molecular flexibility index (Phi) is 4.89. The number of esters is 1. The highest BCUT2D eigenvalue weighted by molar-refractivity contribution is 5.75. The summed E-state index contributed by atoms with van der Waals surface area (Å²) in [5.41, 5.74) is 4.52. The molecule has 5 aliphatic rings. The van der Waals surface area contributed by atoms with Gasteiger partial charge in [-0.15, -0.1) is 0 Å². The lowest BCUT2D eigenvalue weighted by Gasteiger charge is -2.51. The van der Waals surface area contributed by atoms with Crippen LogP contribution in [0.15, 0.2) is 18.2 Å². The lowest BCUT2D eigenvalue weighted by atomic mass is 9.53. The summed E-state index contributed by atoms with van der Waals surface area (Å²) in [6, 6.07) is 6.60. The van der Waals surface area contributed by atoms with Crippen molar-refractivity contribution in [3.05, 3.63) is 29.3 Å². The second-order valence-corrected chi connectivity index (χ2v) is 11.6. The van der Waals surface area contributed by atoms with Gasteiger partial charge in [0.15, 0.2) is 0 Å². The molecule has 5 fully saturated rings. The molecule has 3 aliphatic heterocycles. The van der Waals surface area contributed by atoms with E-state index in [1.807, 2.05) is 0 Å². The molecule has 3 heterocycles. The minimum Gasteiger partial charge on any atom is -0.462 e. The number of fused-ring (bicyclic) bond motifs is 3. The van der Waals surface area contributed by atoms with Crippen LogP contribution in [0.2, 0.25) is 0 Å². The summed E-state index contributed by atoms with van der Waals surface area (Å²) in [6.45, 7) is 12.7. The van der Waals surface area contributed by atoms with Gasteiger partial charge in [0.25, 0.3) is 0 Å². The molecule has 32 heavy (non-hydrogen) atoms. The van der Waals surface area contributed by atoms with Gasteiger partial charge < -0.3 is 14.4 Å². The molecule has 2 saturated carbocycles. The van der Waals surface area contributed by atoms with Crippen LogP contribution >= 0.6 is 0 Å². The van der Waals surface area contributed by atoms with Crippen LogP contribution in [0.3, 0.4) is 0 Å². The predicted molar refractivity (Wildman–Crippen MR) is 125 cm³/mol. The van der Waals surface area contributed by atoms with Gasteiger partial charge in [-0.2, -0.15) is 0 Å². The summed E-state index contributed by atoms with van der Waals surface area (Å²) < 4.78 is 12.1. The Bertz CT molecular complexity index is 904. The molecule has 0 bridgehead atoms. The monoisotopic (exact) mass is 438 g/mol. The van der Waals surface area contributed by atoms with Gasteiger partial charge in [0, 0.05) is 44.3 Å². The van der Waals surface area contributed by atoms with Crippen molar-refractivity contribution in [2.75, 3.05) is 44.2 Å². The highest BCUT2D eigenvalue weighted by atomic mass is 16.6. The standard InChI is InChI=1S/C27H38N2O3/c1-18-6-4-7-22(19(18)2)29-12-10-28(11-13-29)16-21-20-14-24-26(3,15-23(20)32-25(21)30)8-5-9-27(24)17-31-27/h4,6-7,20-21,23-24H,5,8-17H2,1-3H3/t20-,21+,23-,24+,26-,27+/m1/s1. The summed E-state index contributed by atoms with van der Waals surface area (Å²) in [6.07, 6.45) is 6.00. The van der Waals surface area contributed by atoms with E-state index in [1.54, 1.807) is 0 Å². The van der Waals surface area contributed by atoms with Gasteiger partial charge >= 0.3 is 5.97 Å². The lowest BCUT2D eigenvalue weighted by molar-refractivity contribution is -0.147. The van der Waals surface area contributed by atoms with E-state index in [4.69, 9.17) is 9.47 Å². The van der Waals surface area contributed by atoms with E-state index in [2.05, 4.69) is 48.8 Å². The molecule has 0 amide bonds. The van der Waals surface area contributed by atoms with Gasteiger partial charge in [0.2, 0.25) is 0 Å². The number of benzene rings is 1. The number of piperazine rings is 1. The van der Waals surface area contributed by atoms with Crippen LogP contribution in [0, 0.1) is 37.0 Å². The number of anilines is 1. The molecule has 0 N–H and O–H groups in total. The van der Waals surface area contributed by atoms with E-state index in [0.717, 1.165) is 52.2 Å². The first-order valence-corrected chi connectivity index (χ1v) is 12.8. The Morgan fingerprint density at radius 3 is 2.66 bits per heavy atom. The quantitative estimate of drug-likeness (QED) is 0.528. The summed E-state index contributed by atoms with van der Waals surface area (Å²) in [4.78, 5) is 18.0. The van der Waals surface area contributed by atoms with Crippen LogP contribution in [-0.4, -0.2) is 61.9 Å². The van der Waals surface area contributed by atoms with Gasteiger partial charge in [-0.05, 0) is 74.5 Å². The number of carbonyl (C=O) groups is 1. The Labute approximate surface area is 192 Å². The molecule has 2 aliphatic carbocycles. The third kappa shape index (κ3) is 3.30. The Morgan fingerprint density at radius 1 is 1.12 bits per heavy atom. The lowest BCUT2D eigenvalue weighted by Crippen LogP contribution is -2.52. The first-order chi connectivity index (χ1) is 15.4.